The molecule has 86 valence electrons. The fraction of sp³-hybridized carbons (Fsp3) is 0.500. The predicted molar refractivity (Wildman–Crippen MR) is 63.8 cm³/mol. The Morgan fingerprint density at radius 1 is 1.25 bits per heavy atom. The average Bonchev–Trinajstić information content (AvgIpc) is 2.85. The molecule has 0 aliphatic heterocycles. The van der Waals surface area contributed by atoms with E-state index in [1.54, 1.807) is 7.11 Å². The van der Waals surface area contributed by atoms with Crippen LogP contribution in [0.25, 0.3) is 0 Å². The summed E-state index contributed by atoms with van der Waals surface area (Å²) in [4.78, 5) is 11.2. The van der Waals surface area contributed by atoms with E-state index < -0.39 is 0 Å². The maximum Gasteiger partial charge on any atom is 0.127 e. The zero-order valence-electron chi connectivity index (χ0n) is 9.69. The molecule has 0 N–H and O–H groups in total. The summed E-state index contributed by atoms with van der Waals surface area (Å²) in [6.45, 7) is 0. The van der Waals surface area contributed by atoms with Gasteiger partial charge in [-0.2, -0.15) is 0 Å². The van der Waals surface area contributed by atoms with E-state index in [2.05, 4.69) is 0 Å². The second-order valence-corrected chi connectivity index (χ2v) is 4.48. The van der Waals surface area contributed by atoms with Gasteiger partial charge >= 0.3 is 0 Å². The van der Waals surface area contributed by atoms with Crippen molar-refractivity contribution >= 4 is 6.29 Å². The first kappa shape index (κ1) is 11.2. The first-order chi connectivity index (χ1) is 7.85. The lowest BCUT2D eigenvalue weighted by Gasteiger charge is -2.18. The molecule has 16 heavy (non-hydrogen) atoms. The Kier molecular flexibility index (Phi) is 3.60. The van der Waals surface area contributed by atoms with Gasteiger partial charge in [0.05, 0.1) is 7.11 Å². The van der Waals surface area contributed by atoms with Crippen molar-refractivity contribution in [2.45, 2.75) is 31.6 Å². The SMILES string of the molecule is COc1ccc(C(C=O)C2CCCC2)cc1. The normalized spacial score (nSPS) is 18.3. The van der Waals surface area contributed by atoms with Gasteiger partial charge in [-0.3, -0.25) is 0 Å². The molecule has 0 radical (unpaired) electrons. The Hall–Kier alpha value is -1.31. The van der Waals surface area contributed by atoms with E-state index in [1.165, 1.54) is 25.7 Å². The molecule has 1 aromatic rings. The smallest absolute Gasteiger partial charge is 0.127 e. The molecule has 1 unspecified atom stereocenters. The van der Waals surface area contributed by atoms with Crippen molar-refractivity contribution in [3.63, 3.8) is 0 Å². The molecule has 1 aliphatic rings. The molecule has 0 spiro atoms. The fourth-order valence-electron chi connectivity index (χ4n) is 2.60. The number of hydrogen-bond acceptors (Lipinski definition) is 2. The molecule has 1 saturated carbocycles. The monoisotopic (exact) mass is 218 g/mol. The van der Waals surface area contributed by atoms with E-state index in [4.69, 9.17) is 4.74 Å². The van der Waals surface area contributed by atoms with Crippen LogP contribution in [0.1, 0.15) is 37.2 Å². The standard InChI is InChI=1S/C14H18O2/c1-16-13-8-6-12(7-9-13)14(10-15)11-4-2-3-5-11/h6-11,14H,2-5H2,1H3. The highest BCUT2D eigenvalue weighted by molar-refractivity contribution is 5.63. The summed E-state index contributed by atoms with van der Waals surface area (Å²) in [6.07, 6.45) is 6.03. The molecule has 1 aromatic carbocycles. The zero-order chi connectivity index (χ0) is 11.4. The van der Waals surface area contributed by atoms with E-state index in [0.29, 0.717) is 5.92 Å². The number of methoxy groups -OCH3 is 1. The van der Waals surface area contributed by atoms with Crippen LogP contribution in [0.3, 0.4) is 0 Å². The summed E-state index contributed by atoms with van der Waals surface area (Å²) in [5.41, 5.74) is 1.13. The van der Waals surface area contributed by atoms with E-state index in [9.17, 15) is 4.79 Å². The third-order valence-electron chi connectivity index (χ3n) is 3.56. The minimum atomic E-state index is 0.0772. The van der Waals surface area contributed by atoms with Gasteiger partial charge in [-0.1, -0.05) is 25.0 Å². The molecule has 2 rings (SSSR count). The number of ether oxygens (including phenoxy) is 1. The molecule has 1 aliphatic carbocycles. The predicted octanol–water partition coefficient (Wildman–Crippen LogP) is 3.17. The topological polar surface area (TPSA) is 26.3 Å². The molecule has 0 heterocycles. The number of aldehydes is 1. The van der Waals surface area contributed by atoms with Gasteiger partial charge in [0.25, 0.3) is 0 Å². The van der Waals surface area contributed by atoms with Crippen LogP contribution in [-0.2, 0) is 4.79 Å². The second kappa shape index (κ2) is 5.15. The van der Waals surface area contributed by atoms with Gasteiger partial charge in [0, 0.05) is 5.92 Å². The van der Waals surface area contributed by atoms with E-state index in [0.717, 1.165) is 17.6 Å². The molecule has 2 nitrogen and oxygen atoms in total. The van der Waals surface area contributed by atoms with Crippen molar-refractivity contribution < 1.29 is 9.53 Å². The number of rotatable bonds is 4. The van der Waals surface area contributed by atoms with Crippen molar-refractivity contribution in [3.05, 3.63) is 29.8 Å². The second-order valence-electron chi connectivity index (χ2n) is 4.48. The highest BCUT2D eigenvalue weighted by Crippen LogP contribution is 2.36. The van der Waals surface area contributed by atoms with Crippen molar-refractivity contribution in [2.24, 2.45) is 5.92 Å². The summed E-state index contributed by atoms with van der Waals surface area (Å²) in [5, 5.41) is 0. The third-order valence-corrected chi connectivity index (χ3v) is 3.56. The van der Waals surface area contributed by atoms with Crippen LogP contribution in [-0.4, -0.2) is 13.4 Å². The molecular weight excluding hydrogens is 200 g/mol. The van der Waals surface area contributed by atoms with Crippen LogP contribution in [0.4, 0.5) is 0 Å². The van der Waals surface area contributed by atoms with Crippen molar-refractivity contribution in [1.82, 2.24) is 0 Å². The molecule has 2 heteroatoms. The minimum absolute atomic E-state index is 0.0772. The van der Waals surface area contributed by atoms with Gasteiger partial charge in [0.2, 0.25) is 0 Å². The maximum absolute atomic E-state index is 11.2. The van der Waals surface area contributed by atoms with Gasteiger partial charge in [0.1, 0.15) is 12.0 Å². The van der Waals surface area contributed by atoms with E-state index in [1.807, 2.05) is 24.3 Å². The van der Waals surface area contributed by atoms with Crippen molar-refractivity contribution in [1.29, 1.82) is 0 Å². The van der Waals surface area contributed by atoms with Crippen LogP contribution < -0.4 is 4.74 Å². The first-order valence-corrected chi connectivity index (χ1v) is 5.94. The lowest BCUT2D eigenvalue weighted by molar-refractivity contribution is -0.110. The number of carbonyl (C=O) groups is 1. The minimum Gasteiger partial charge on any atom is -0.497 e. The Bertz CT molecular complexity index is 336. The van der Waals surface area contributed by atoms with Crippen molar-refractivity contribution in [2.75, 3.05) is 7.11 Å². The van der Waals surface area contributed by atoms with Gasteiger partial charge in [0.15, 0.2) is 0 Å². The number of hydrogen-bond donors (Lipinski definition) is 0. The van der Waals surface area contributed by atoms with E-state index >= 15 is 0 Å². The van der Waals surface area contributed by atoms with Crippen LogP contribution in [0.5, 0.6) is 5.75 Å². The molecule has 0 amide bonds. The quantitative estimate of drug-likeness (QED) is 0.725. The van der Waals surface area contributed by atoms with Crippen LogP contribution in [0, 0.1) is 5.92 Å². The maximum atomic E-state index is 11.2. The summed E-state index contributed by atoms with van der Waals surface area (Å²) >= 11 is 0. The Morgan fingerprint density at radius 2 is 1.88 bits per heavy atom. The fourth-order valence-corrected chi connectivity index (χ4v) is 2.60. The van der Waals surface area contributed by atoms with Crippen LogP contribution >= 0.6 is 0 Å². The molecule has 1 atom stereocenters. The Labute approximate surface area is 96.6 Å². The molecule has 0 bridgehead atoms. The lowest BCUT2D eigenvalue weighted by atomic mass is 9.86. The zero-order valence-corrected chi connectivity index (χ0v) is 9.69. The number of benzene rings is 1. The summed E-state index contributed by atoms with van der Waals surface area (Å²) in [6, 6.07) is 7.88. The molecule has 1 fully saturated rings. The highest BCUT2D eigenvalue weighted by atomic mass is 16.5. The highest BCUT2D eigenvalue weighted by Gasteiger charge is 2.25. The summed E-state index contributed by atoms with van der Waals surface area (Å²) < 4.78 is 5.12. The largest absolute Gasteiger partial charge is 0.497 e. The van der Waals surface area contributed by atoms with Crippen LogP contribution in [0.15, 0.2) is 24.3 Å². The van der Waals surface area contributed by atoms with E-state index in [-0.39, 0.29) is 5.92 Å². The first-order valence-electron chi connectivity index (χ1n) is 5.94. The van der Waals surface area contributed by atoms with Crippen molar-refractivity contribution in [3.8, 4) is 5.75 Å². The summed E-state index contributed by atoms with van der Waals surface area (Å²) in [7, 11) is 1.66. The van der Waals surface area contributed by atoms with Gasteiger partial charge < -0.3 is 9.53 Å². The number of carbonyl (C=O) groups excluding carboxylic acids is 1. The molecule has 0 saturated heterocycles. The average molecular weight is 218 g/mol. The molecule has 0 aromatic heterocycles. The van der Waals surface area contributed by atoms with Gasteiger partial charge in [-0.25, -0.2) is 0 Å². The van der Waals surface area contributed by atoms with Gasteiger partial charge in [-0.05, 0) is 36.5 Å². The Morgan fingerprint density at radius 3 is 2.38 bits per heavy atom. The molecular formula is C14H18O2. The Balaban J connectivity index is 2.15. The summed E-state index contributed by atoms with van der Waals surface area (Å²) in [5.74, 6) is 1.47. The third kappa shape index (κ3) is 2.26. The van der Waals surface area contributed by atoms with Crippen LogP contribution in [0.2, 0.25) is 0 Å². The lowest BCUT2D eigenvalue weighted by Crippen LogP contribution is -2.11. The van der Waals surface area contributed by atoms with Gasteiger partial charge in [-0.15, -0.1) is 0 Å².